The van der Waals surface area contributed by atoms with Crippen molar-refractivity contribution in [2.75, 3.05) is 19.3 Å². The number of aromatic nitrogens is 4. The average molecular weight is 367 g/mol. The lowest BCUT2D eigenvalue weighted by Crippen LogP contribution is -2.51. The van der Waals surface area contributed by atoms with Gasteiger partial charge >= 0.3 is 0 Å². The Morgan fingerprint density at radius 3 is 2.92 bits per heavy atom. The predicted molar refractivity (Wildman–Crippen MR) is 94.2 cm³/mol. The van der Waals surface area contributed by atoms with Crippen LogP contribution >= 0.6 is 24.2 Å². The molecule has 1 amide bonds. The molecule has 1 fully saturated rings. The van der Waals surface area contributed by atoms with Gasteiger partial charge in [-0.05, 0) is 49.8 Å². The zero-order valence-corrected chi connectivity index (χ0v) is 14.9. The third kappa shape index (κ3) is 2.78. The van der Waals surface area contributed by atoms with E-state index < -0.39 is 17.4 Å². The van der Waals surface area contributed by atoms with E-state index in [9.17, 15) is 4.79 Å². The van der Waals surface area contributed by atoms with E-state index in [1.807, 2.05) is 19.2 Å². The molecule has 2 atom stereocenters. The van der Waals surface area contributed by atoms with Crippen LogP contribution in [0.2, 0.25) is 5.02 Å². The smallest absolute Gasteiger partial charge is 0.223 e. The van der Waals surface area contributed by atoms with Crippen LogP contribution in [-0.4, -0.2) is 50.4 Å². The lowest BCUT2D eigenvalue weighted by molar-refractivity contribution is -0.125. The first-order valence-electron chi connectivity index (χ1n) is 7.67. The van der Waals surface area contributed by atoms with E-state index in [-0.39, 0.29) is 0 Å². The number of carbonyl (C=O) groups excluding carboxylic acids is 1. The minimum atomic E-state index is -0.676. The molecular weight excluding hydrogens is 348 g/mol. The lowest BCUT2D eigenvalue weighted by Gasteiger charge is -2.38. The molecule has 1 saturated heterocycles. The van der Waals surface area contributed by atoms with Crippen molar-refractivity contribution < 1.29 is 4.79 Å². The van der Waals surface area contributed by atoms with Crippen LogP contribution in [-0.2, 0) is 10.3 Å². The van der Waals surface area contributed by atoms with E-state index in [1.54, 1.807) is 12.1 Å². The third-order valence-corrected chi connectivity index (χ3v) is 5.28. The van der Waals surface area contributed by atoms with E-state index in [2.05, 4.69) is 32.9 Å². The summed E-state index contributed by atoms with van der Waals surface area (Å²) >= 11 is 10.4. The molecule has 1 aliphatic heterocycles. The summed E-state index contributed by atoms with van der Waals surface area (Å²) < 4.78 is 0. The van der Waals surface area contributed by atoms with Gasteiger partial charge in [0.15, 0.2) is 5.82 Å². The van der Waals surface area contributed by atoms with Gasteiger partial charge in [-0.1, -0.05) is 17.7 Å². The Hall–Kier alpha value is -1.64. The lowest BCUT2D eigenvalue weighted by atomic mass is 9.81. The Kier molecular flexibility index (Phi) is 4.80. The second-order valence-electron chi connectivity index (χ2n) is 5.97. The Balaban J connectivity index is 2.06. The van der Waals surface area contributed by atoms with Gasteiger partial charge in [0.2, 0.25) is 5.91 Å². The zero-order chi connectivity index (χ0) is 17.3. The molecule has 7 nitrogen and oxygen atoms in total. The summed E-state index contributed by atoms with van der Waals surface area (Å²) in [7, 11) is 1.95. The fourth-order valence-electron chi connectivity index (χ4n) is 3.43. The van der Waals surface area contributed by atoms with Gasteiger partial charge in [-0.15, -0.1) is 15.0 Å². The minimum absolute atomic E-state index is 0.325. The summed E-state index contributed by atoms with van der Waals surface area (Å²) in [5, 5.41) is 13.5. The van der Waals surface area contributed by atoms with Gasteiger partial charge in [0.1, 0.15) is 0 Å². The number of amides is 1. The second-order valence-corrected chi connectivity index (χ2v) is 6.77. The van der Waals surface area contributed by atoms with Crippen LogP contribution in [0.4, 0.5) is 0 Å². The highest BCUT2D eigenvalue weighted by Crippen LogP contribution is 2.42. The number of carbonyl (C=O) groups is 1. The van der Waals surface area contributed by atoms with Gasteiger partial charge in [-0.2, -0.15) is 12.6 Å². The molecule has 3 rings (SSSR count). The number of primary amides is 1. The molecule has 1 unspecified atom stereocenters. The molecular formula is C15H19ClN6OS. The Labute approximate surface area is 150 Å². The summed E-state index contributed by atoms with van der Waals surface area (Å²) in [6.45, 7) is 0.837. The van der Waals surface area contributed by atoms with E-state index in [1.165, 1.54) is 4.80 Å². The Morgan fingerprint density at radius 2 is 2.33 bits per heavy atom. The van der Waals surface area contributed by atoms with E-state index >= 15 is 0 Å². The Bertz CT molecular complexity index is 753. The van der Waals surface area contributed by atoms with E-state index in [0.717, 1.165) is 19.4 Å². The molecule has 128 valence electrons. The van der Waals surface area contributed by atoms with Crippen molar-refractivity contribution in [2.45, 2.75) is 18.4 Å². The van der Waals surface area contributed by atoms with E-state index in [0.29, 0.717) is 22.3 Å². The van der Waals surface area contributed by atoms with Crippen LogP contribution in [0.25, 0.3) is 5.69 Å². The van der Waals surface area contributed by atoms with Crippen molar-refractivity contribution in [3.8, 4) is 5.69 Å². The highest BCUT2D eigenvalue weighted by atomic mass is 35.5. The van der Waals surface area contributed by atoms with Crippen molar-refractivity contribution in [2.24, 2.45) is 11.7 Å². The number of hydrogen-bond donors (Lipinski definition) is 2. The average Bonchev–Trinajstić information content (AvgIpc) is 3.16. The van der Waals surface area contributed by atoms with Crippen molar-refractivity contribution in [3.63, 3.8) is 0 Å². The normalized spacial score (nSPS) is 22.6. The zero-order valence-electron chi connectivity index (χ0n) is 13.3. The highest BCUT2D eigenvalue weighted by Gasteiger charge is 2.52. The molecule has 2 aromatic rings. The summed E-state index contributed by atoms with van der Waals surface area (Å²) in [5.74, 6) is -0.0886. The number of benzene rings is 1. The largest absolute Gasteiger partial charge is 0.369 e. The van der Waals surface area contributed by atoms with Gasteiger partial charge < -0.3 is 5.73 Å². The third-order valence-electron chi connectivity index (χ3n) is 4.68. The quantitative estimate of drug-likeness (QED) is 0.778. The Morgan fingerprint density at radius 1 is 1.54 bits per heavy atom. The molecule has 2 heterocycles. The number of nitrogens with two attached hydrogens (primary N) is 1. The highest BCUT2D eigenvalue weighted by molar-refractivity contribution is 7.80. The SMILES string of the molecule is CN1CCC[C@]1(c1nnn(-c2cccc(Cl)c2)n1)C(CS)C(N)=O. The van der Waals surface area contributed by atoms with Crippen molar-refractivity contribution in [1.29, 1.82) is 0 Å². The topological polar surface area (TPSA) is 89.9 Å². The number of thiol groups is 1. The molecule has 0 bridgehead atoms. The maximum Gasteiger partial charge on any atom is 0.223 e. The summed E-state index contributed by atoms with van der Waals surface area (Å²) in [4.78, 5) is 15.5. The molecule has 1 aromatic carbocycles. The number of hydrogen-bond acceptors (Lipinski definition) is 6. The summed E-state index contributed by atoms with van der Waals surface area (Å²) in [6.07, 6.45) is 1.67. The first kappa shape index (κ1) is 17.2. The molecule has 9 heteroatoms. The molecule has 0 aliphatic carbocycles. The fraction of sp³-hybridized carbons (Fsp3) is 0.467. The summed E-state index contributed by atoms with van der Waals surface area (Å²) in [6, 6.07) is 7.19. The van der Waals surface area contributed by atoms with Crippen LogP contribution < -0.4 is 5.73 Å². The van der Waals surface area contributed by atoms with Gasteiger partial charge in [0, 0.05) is 10.8 Å². The second kappa shape index (κ2) is 6.70. The number of tetrazole rings is 1. The first-order valence-corrected chi connectivity index (χ1v) is 8.68. The maximum atomic E-state index is 12.0. The van der Waals surface area contributed by atoms with Crippen LogP contribution in [0.15, 0.2) is 24.3 Å². The predicted octanol–water partition coefficient (Wildman–Crippen LogP) is 1.27. The molecule has 1 aromatic heterocycles. The van der Waals surface area contributed by atoms with Gasteiger partial charge in [-0.3, -0.25) is 9.69 Å². The first-order chi connectivity index (χ1) is 11.5. The molecule has 1 aliphatic rings. The number of halogens is 1. The monoisotopic (exact) mass is 366 g/mol. The van der Waals surface area contributed by atoms with Gasteiger partial charge in [0.25, 0.3) is 0 Å². The van der Waals surface area contributed by atoms with Gasteiger partial charge in [0.05, 0.1) is 17.1 Å². The molecule has 0 radical (unpaired) electrons. The van der Waals surface area contributed by atoms with Crippen molar-refractivity contribution in [3.05, 3.63) is 35.1 Å². The van der Waals surface area contributed by atoms with Crippen LogP contribution in [0.1, 0.15) is 18.7 Å². The molecule has 2 N–H and O–H groups in total. The van der Waals surface area contributed by atoms with Crippen LogP contribution in [0.5, 0.6) is 0 Å². The number of nitrogens with zero attached hydrogens (tertiary/aromatic N) is 5. The standard InChI is InChI=1S/C15H19ClN6OS/c1-21-7-3-6-15(21,12(9-24)13(17)23)14-18-20-22(19-14)11-5-2-4-10(16)8-11/h2,4-5,8,12,24H,3,6-7,9H2,1H3,(H2,17,23)/t12?,15-/m1/s1. The fourth-order valence-corrected chi connectivity index (χ4v) is 4.10. The molecule has 0 saturated carbocycles. The number of likely N-dealkylation sites (tertiary alicyclic amines) is 1. The summed E-state index contributed by atoms with van der Waals surface area (Å²) in [5.41, 5.74) is 5.67. The van der Waals surface area contributed by atoms with Crippen LogP contribution in [0, 0.1) is 5.92 Å². The maximum absolute atomic E-state index is 12.0. The number of rotatable bonds is 5. The van der Waals surface area contributed by atoms with Crippen molar-refractivity contribution in [1.82, 2.24) is 25.1 Å². The molecule has 24 heavy (non-hydrogen) atoms. The van der Waals surface area contributed by atoms with Gasteiger partial charge in [-0.25, -0.2) is 0 Å². The van der Waals surface area contributed by atoms with Crippen LogP contribution in [0.3, 0.4) is 0 Å². The van der Waals surface area contributed by atoms with E-state index in [4.69, 9.17) is 17.3 Å². The van der Waals surface area contributed by atoms with Crippen molar-refractivity contribution >= 4 is 30.1 Å². The minimum Gasteiger partial charge on any atom is -0.369 e. The molecule has 0 spiro atoms.